The molecule has 80 valence electrons. The van der Waals surface area contributed by atoms with Gasteiger partial charge in [0.25, 0.3) is 0 Å². The second-order valence-corrected chi connectivity index (χ2v) is 5.22. The molecule has 0 saturated heterocycles. The molecular weight excluding hydrogens is 232 g/mol. The second kappa shape index (κ2) is 4.06. The molecule has 0 saturated carbocycles. The Hall–Kier alpha value is -0.670. The fourth-order valence-corrected chi connectivity index (χ4v) is 3.46. The summed E-state index contributed by atoms with van der Waals surface area (Å²) in [5, 5.41) is 9.70. The number of carboxylic acids is 1. The normalized spacial score (nSPS) is 21.1. The lowest BCUT2D eigenvalue weighted by atomic mass is 9.89. The molecule has 2 atom stereocenters. The zero-order chi connectivity index (χ0) is 11.0. The third-order valence-corrected chi connectivity index (χ3v) is 4.21. The summed E-state index contributed by atoms with van der Waals surface area (Å²) in [6.07, 6.45) is 0. The van der Waals surface area contributed by atoms with Crippen LogP contribution in [0, 0.1) is 5.92 Å². The predicted octanol–water partition coefficient (Wildman–Crippen LogP) is 3.25. The number of aliphatic carboxylic acids is 1. The molecule has 1 heterocycles. The van der Waals surface area contributed by atoms with Gasteiger partial charge in [-0.1, -0.05) is 24.6 Å². The van der Waals surface area contributed by atoms with Crippen molar-refractivity contribution in [3.8, 4) is 0 Å². The number of fused-ring (bicyclic) bond motifs is 1. The first-order valence-corrected chi connectivity index (χ1v) is 6.11. The molecule has 4 heteroatoms. The van der Waals surface area contributed by atoms with Gasteiger partial charge in [-0.15, -0.1) is 11.8 Å². The SMILES string of the molecule is CC(C(=O)O)C1CSc2cc(Cl)ccc21. The molecule has 0 radical (unpaired) electrons. The Morgan fingerprint density at radius 3 is 3.07 bits per heavy atom. The second-order valence-electron chi connectivity index (χ2n) is 3.73. The van der Waals surface area contributed by atoms with Gasteiger partial charge in [0.15, 0.2) is 0 Å². The maximum absolute atomic E-state index is 10.9. The Kier molecular flexibility index (Phi) is 2.94. The fraction of sp³-hybridized carbons (Fsp3) is 0.364. The van der Waals surface area contributed by atoms with Crippen LogP contribution in [0.5, 0.6) is 0 Å². The van der Waals surface area contributed by atoms with E-state index in [2.05, 4.69) is 0 Å². The number of benzene rings is 1. The van der Waals surface area contributed by atoms with Crippen molar-refractivity contribution in [2.24, 2.45) is 5.92 Å². The Morgan fingerprint density at radius 1 is 1.67 bits per heavy atom. The summed E-state index contributed by atoms with van der Waals surface area (Å²) < 4.78 is 0. The molecule has 1 aliphatic heterocycles. The van der Waals surface area contributed by atoms with Gasteiger partial charge < -0.3 is 5.11 Å². The molecule has 0 fully saturated rings. The number of hydrogen-bond donors (Lipinski definition) is 1. The number of halogens is 1. The Labute approximate surface area is 97.6 Å². The van der Waals surface area contributed by atoms with Gasteiger partial charge in [-0.3, -0.25) is 4.79 Å². The lowest BCUT2D eigenvalue weighted by Gasteiger charge is -2.15. The molecule has 0 aliphatic carbocycles. The molecule has 2 unspecified atom stereocenters. The molecule has 1 aromatic carbocycles. The minimum absolute atomic E-state index is 0.111. The minimum Gasteiger partial charge on any atom is -0.481 e. The Bertz CT molecular complexity index is 406. The maximum Gasteiger partial charge on any atom is 0.306 e. The molecule has 0 aromatic heterocycles. The monoisotopic (exact) mass is 242 g/mol. The van der Waals surface area contributed by atoms with E-state index < -0.39 is 5.97 Å². The van der Waals surface area contributed by atoms with Crippen LogP contribution in [-0.2, 0) is 4.79 Å². The zero-order valence-electron chi connectivity index (χ0n) is 8.24. The first-order valence-electron chi connectivity index (χ1n) is 4.74. The van der Waals surface area contributed by atoms with Crippen LogP contribution in [-0.4, -0.2) is 16.8 Å². The fourth-order valence-electron chi connectivity index (χ4n) is 1.79. The van der Waals surface area contributed by atoms with E-state index in [0.717, 1.165) is 16.2 Å². The molecule has 2 rings (SSSR count). The van der Waals surface area contributed by atoms with Crippen molar-refractivity contribution in [1.82, 2.24) is 0 Å². The van der Waals surface area contributed by atoms with E-state index in [1.807, 2.05) is 18.2 Å². The highest BCUT2D eigenvalue weighted by molar-refractivity contribution is 7.99. The van der Waals surface area contributed by atoms with Crippen molar-refractivity contribution in [1.29, 1.82) is 0 Å². The summed E-state index contributed by atoms with van der Waals surface area (Å²) >= 11 is 7.57. The van der Waals surface area contributed by atoms with E-state index in [9.17, 15) is 4.79 Å². The van der Waals surface area contributed by atoms with Crippen molar-refractivity contribution in [3.05, 3.63) is 28.8 Å². The highest BCUT2D eigenvalue weighted by Crippen LogP contribution is 2.44. The third kappa shape index (κ3) is 1.99. The molecule has 0 spiro atoms. The molecule has 0 bridgehead atoms. The quantitative estimate of drug-likeness (QED) is 0.865. The van der Waals surface area contributed by atoms with Crippen LogP contribution in [0.4, 0.5) is 0 Å². The number of carboxylic acid groups (broad SMARTS) is 1. The summed E-state index contributed by atoms with van der Waals surface area (Å²) in [5.74, 6) is -0.119. The zero-order valence-corrected chi connectivity index (χ0v) is 9.81. The summed E-state index contributed by atoms with van der Waals surface area (Å²) in [7, 11) is 0. The van der Waals surface area contributed by atoms with Crippen LogP contribution < -0.4 is 0 Å². The van der Waals surface area contributed by atoms with Gasteiger partial charge in [0.05, 0.1) is 5.92 Å². The van der Waals surface area contributed by atoms with Crippen LogP contribution >= 0.6 is 23.4 Å². The van der Waals surface area contributed by atoms with E-state index >= 15 is 0 Å². The summed E-state index contributed by atoms with van der Waals surface area (Å²) in [6, 6.07) is 5.69. The van der Waals surface area contributed by atoms with Gasteiger partial charge in [-0.05, 0) is 17.7 Å². The standard InChI is InChI=1S/C11H11ClO2S/c1-6(11(13)14)9-5-15-10-4-7(12)2-3-8(9)10/h2-4,6,9H,5H2,1H3,(H,13,14). The van der Waals surface area contributed by atoms with Gasteiger partial charge in [0.1, 0.15) is 0 Å². The number of thioether (sulfide) groups is 1. The molecular formula is C11H11ClO2S. The van der Waals surface area contributed by atoms with Gasteiger partial charge in [0, 0.05) is 21.6 Å². The van der Waals surface area contributed by atoms with Gasteiger partial charge >= 0.3 is 5.97 Å². The molecule has 15 heavy (non-hydrogen) atoms. The predicted molar refractivity (Wildman–Crippen MR) is 61.7 cm³/mol. The van der Waals surface area contributed by atoms with Crippen molar-refractivity contribution >= 4 is 29.3 Å². The number of carbonyl (C=O) groups is 1. The summed E-state index contributed by atoms with van der Waals surface area (Å²) in [4.78, 5) is 12.1. The summed E-state index contributed by atoms with van der Waals surface area (Å²) in [5.41, 5.74) is 1.12. The van der Waals surface area contributed by atoms with Crippen LogP contribution in [0.1, 0.15) is 18.4 Å². The van der Waals surface area contributed by atoms with E-state index in [1.165, 1.54) is 0 Å². The topological polar surface area (TPSA) is 37.3 Å². The van der Waals surface area contributed by atoms with Crippen molar-refractivity contribution in [3.63, 3.8) is 0 Å². The van der Waals surface area contributed by atoms with Crippen molar-refractivity contribution < 1.29 is 9.90 Å². The lowest BCUT2D eigenvalue weighted by Crippen LogP contribution is -2.18. The number of hydrogen-bond acceptors (Lipinski definition) is 2. The molecule has 1 aromatic rings. The highest BCUT2D eigenvalue weighted by Gasteiger charge is 2.31. The van der Waals surface area contributed by atoms with E-state index in [0.29, 0.717) is 5.02 Å². The Morgan fingerprint density at radius 2 is 2.40 bits per heavy atom. The average molecular weight is 243 g/mol. The largest absolute Gasteiger partial charge is 0.481 e. The lowest BCUT2D eigenvalue weighted by molar-refractivity contribution is -0.141. The van der Waals surface area contributed by atoms with Crippen LogP contribution in [0.2, 0.25) is 5.02 Å². The van der Waals surface area contributed by atoms with Crippen LogP contribution in [0.15, 0.2) is 23.1 Å². The van der Waals surface area contributed by atoms with Gasteiger partial charge in [-0.2, -0.15) is 0 Å². The van der Waals surface area contributed by atoms with E-state index in [1.54, 1.807) is 18.7 Å². The molecule has 0 amide bonds. The van der Waals surface area contributed by atoms with Crippen LogP contribution in [0.25, 0.3) is 0 Å². The van der Waals surface area contributed by atoms with E-state index in [4.69, 9.17) is 16.7 Å². The van der Waals surface area contributed by atoms with Crippen molar-refractivity contribution in [2.75, 3.05) is 5.75 Å². The average Bonchev–Trinajstić information content (AvgIpc) is 2.59. The van der Waals surface area contributed by atoms with Gasteiger partial charge in [-0.25, -0.2) is 0 Å². The first-order chi connectivity index (χ1) is 7.09. The molecule has 1 aliphatic rings. The van der Waals surface area contributed by atoms with Gasteiger partial charge in [0.2, 0.25) is 0 Å². The highest BCUT2D eigenvalue weighted by atomic mass is 35.5. The van der Waals surface area contributed by atoms with Crippen molar-refractivity contribution in [2.45, 2.75) is 17.7 Å². The first kappa shape index (κ1) is 10.8. The summed E-state index contributed by atoms with van der Waals surface area (Å²) in [6.45, 7) is 1.76. The molecule has 1 N–H and O–H groups in total. The minimum atomic E-state index is -0.733. The number of rotatable bonds is 2. The third-order valence-electron chi connectivity index (χ3n) is 2.79. The van der Waals surface area contributed by atoms with Crippen LogP contribution in [0.3, 0.4) is 0 Å². The smallest absolute Gasteiger partial charge is 0.306 e. The molecule has 2 nitrogen and oxygen atoms in total. The maximum atomic E-state index is 10.9. The Balaban J connectivity index is 2.32. The van der Waals surface area contributed by atoms with E-state index in [-0.39, 0.29) is 11.8 Å².